The van der Waals surface area contributed by atoms with Gasteiger partial charge < -0.3 is 14.0 Å². The topological polar surface area (TPSA) is 61.6 Å². The Kier molecular flexibility index (Phi) is 4.11. The quantitative estimate of drug-likeness (QED) is 0.710. The lowest BCUT2D eigenvalue weighted by atomic mass is 10.1. The molecule has 0 aliphatic carbocycles. The fourth-order valence-corrected chi connectivity index (χ4v) is 2.05. The summed E-state index contributed by atoms with van der Waals surface area (Å²) in [6.07, 6.45) is -2.99. The summed E-state index contributed by atoms with van der Waals surface area (Å²) in [6, 6.07) is 9.73. The molecule has 8 heteroatoms. The van der Waals surface area contributed by atoms with Gasteiger partial charge in [-0.25, -0.2) is 0 Å². The van der Waals surface area contributed by atoms with E-state index in [4.69, 9.17) is 9.26 Å². The zero-order valence-corrected chi connectivity index (χ0v) is 12.0. The van der Waals surface area contributed by atoms with E-state index in [-0.39, 0.29) is 12.4 Å². The first-order valence-corrected chi connectivity index (χ1v) is 6.70. The molecule has 1 radical (unpaired) electrons. The lowest BCUT2D eigenvalue weighted by Crippen LogP contribution is -2.16. The molecule has 0 saturated heterocycles. The number of hydrogen-bond acceptors (Lipinski definition) is 5. The van der Waals surface area contributed by atoms with E-state index in [1.807, 2.05) is 0 Å². The van der Waals surface area contributed by atoms with Gasteiger partial charge in [-0.1, -0.05) is 5.16 Å². The van der Waals surface area contributed by atoms with Gasteiger partial charge >= 0.3 is 6.36 Å². The van der Waals surface area contributed by atoms with Crippen molar-refractivity contribution in [1.82, 2.24) is 5.16 Å². The van der Waals surface area contributed by atoms with Gasteiger partial charge in [-0.3, -0.25) is 4.79 Å². The molecule has 3 aromatic rings. The highest BCUT2D eigenvalue weighted by Crippen LogP contribution is 2.26. The van der Waals surface area contributed by atoms with Gasteiger partial charge in [0.05, 0.1) is 0 Å². The van der Waals surface area contributed by atoms with Crippen molar-refractivity contribution in [3.63, 3.8) is 0 Å². The molecular weight excluding hydrogens is 327 g/mol. The van der Waals surface area contributed by atoms with Crippen molar-refractivity contribution < 1.29 is 32.0 Å². The Balaban J connectivity index is 1.68. The maximum absolute atomic E-state index is 12.1. The van der Waals surface area contributed by atoms with Crippen LogP contribution in [0, 0.1) is 0 Å². The Morgan fingerprint density at radius 3 is 2.46 bits per heavy atom. The molecule has 1 aromatic heterocycles. The smallest absolute Gasteiger partial charge is 0.487 e. The lowest BCUT2D eigenvalue weighted by Gasteiger charge is -2.09. The van der Waals surface area contributed by atoms with Crippen molar-refractivity contribution in [2.45, 2.75) is 13.0 Å². The van der Waals surface area contributed by atoms with E-state index in [0.29, 0.717) is 28.0 Å². The van der Waals surface area contributed by atoms with Crippen LogP contribution in [-0.4, -0.2) is 17.8 Å². The highest BCUT2D eigenvalue weighted by molar-refractivity contribution is 5.86. The average molecular weight is 336 g/mol. The number of hydrogen-bond donors (Lipinski definition) is 0. The van der Waals surface area contributed by atoms with Gasteiger partial charge in [0, 0.05) is 10.9 Å². The predicted molar refractivity (Wildman–Crippen MR) is 76.3 cm³/mol. The maximum Gasteiger partial charge on any atom is 0.573 e. The van der Waals surface area contributed by atoms with Gasteiger partial charge in [0.25, 0.3) is 0 Å². The molecule has 1 heterocycles. The number of alkyl halides is 3. The van der Waals surface area contributed by atoms with E-state index in [9.17, 15) is 18.0 Å². The summed E-state index contributed by atoms with van der Waals surface area (Å²) in [5, 5.41) is 4.52. The molecule has 0 bridgehead atoms. The molecule has 24 heavy (non-hydrogen) atoms. The number of aromatic nitrogens is 1. The van der Waals surface area contributed by atoms with Crippen LogP contribution in [0.5, 0.6) is 11.5 Å². The fraction of sp³-hybridized carbons (Fsp3) is 0.125. The van der Waals surface area contributed by atoms with Crippen LogP contribution in [0.25, 0.3) is 11.0 Å². The minimum Gasteiger partial charge on any atom is -0.487 e. The predicted octanol–water partition coefficient (Wildman–Crippen LogP) is 3.76. The molecule has 123 valence electrons. The molecule has 0 atom stereocenters. The van der Waals surface area contributed by atoms with E-state index in [1.54, 1.807) is 18.4 Å². The lowest BCUT2D eigenvalue weighted by molar-refractivity contribution is -0.274. The molecule has 0 unspecified atom stereocenters. The van der Waals surface area contributed by atoms with Gasteiger partial charge in [-0.05, 0) is 42.5 Å². The second-order valence-electron chi connectivity index (χ2n) is 4.75. The van der Waals surface area contributed by atoms with E-state index >= 15 is 0 Å². The second kappa shape index (κ2) is 6.23. The third-order valence-electron chi connectivity index (χ3n) is 3.10. The fourth-order valence-electron chi connectivity index (χ4n) is 2.05. The molecule has 2 aromatic carbocycles. The van der Waals surface area contributed by atoms with E-state index in [0.717, 1.165) is 12.1 Å². The van der Waals surface area contributed by atoms with Crippen molar-refractivity contribution in [3.05, 3.63) is 53.7 Å². The van der Waals surface area contributed by atoms with Gasteiger partial charge in [0.2, 0.25) is 6.29 Å². The summed E-state index contributed by atoms with van der Waals surface area (Å²) in [5.74, 6) is 0.0119. The zero-order chi connectivity index (χ0) is 17.2. The van der Waals surface area contributed by atoms with Crippen molar-refractivity contribution in [2.75, 3.05) is 0 Å². The van der Waals surface area contributed by atoms with Crippen molar-refractivity contribution in [2.24, 2.45) is 0 Å². The first-order chi connectivity index (χ1) is 11.4. The van der Waals surface area contributed by atoms with Crippen molar-refractivity contribution in [3.8, 4) is 11.5 Å². The van der Waals surface area contributed by atoms with Gasteiger partial charge in [0.15, 0.2) is 5.58 Å². The Hall–Kier alpha value is -3.03. The highest BCUT2D eigenvalue weighted by Gasteiger charge is 2.30. The van der Waals surface area contributed by atoms with Gasteiger partial charge in [-0.15, -0.1) is 13.2 Å². The molecule has 0 spiro atoms. The number of rotatable bonds is 5. The number of benzene rings is 2. The summed E-state index contributed by atoms with van der Waals surface area (Å²) >= 11 is 0. The highest BCUT2D eigenvalue weighted by atomic mass is 19.4. The summed E-state index contributed by atoms with van der Waals surface area (Å²) in [5.41, 5.74) is 1.26. The van der Waals surface area contributed by atoms with Crippen LogP contribution in [0.2, 0.25) is 0 Å². The Morgan fingerprint density at radius 1 is 1.08 bits per heavy atom. The standard InChI is InChI=1S/C16H9F3NO4/c17-16(18,19)23-12-4-2-11(3-5-12)22-9-14-13-6-1-10(8-21)7-15(13)24-20-14/h1-7H,9H2. The van der Waals surface area contributed by atoms with Crippen molar-refractivity contribution >= 4 is 17.3 Å². The summed E-state index contributed by atoms with van der Waals surface area (Å²) in [6.45, 7) is 0.0522. The number of halogens is 3. The van der Waals surface area contributed by atoms with Crippen LogP contribution in [0.15, 0.2) is 47.0 Å². The van der Waals surface area contributed by atoms with E-state index < -0.39 is 6.36 Å². The molecule has 3 rings (SSSR count). The van der Waals surface area contributed by atoms with E-state index in [2.05, 4.69) is 9.89 Å². The second-order valence-corrected chi connectivity index (χ2v) is 4.75. The zero-order valence-electron chi connectivity index (χ0n) is 12.0. The Labute approximate surface area is 133 Å². The minimum absolute atomic E-state index is 0.0522. The van der Waals surface area contributed by atoms with Crippen LogP contribution in [0.1, 0.15) is 11.3 Å². The number of nitrogens with zero attached hydrogens (tertiary/aromatic N) is 1. The maximum atomic E-state index is 12.1. The van der Waals surface area contributed by atoms with Crippen LogP contribution >= 0.6 is 0 Å². The van der Waals surface area contributed by atoms with E-state index in [1.165, 1.54) is 18.2 Å². The average Bonchev–Trinajstić information content (AvgIpc) is 2.95. The Bertz CT molecular complexity index is 856. The largest absolute Gasteiger partial charge is 0.573 e. The molecule has 0 saturated carbocycles. The molecule has 5 nitrogen and oxygen atoms in total. The molecule has 0 aliphatic rings. The van der Waals surface area contributed by atoms with Gasteiger partial charge in [0.1, 0.15) is 23.8 Å². The first-order valence-electron chi connectivity index (χ1n) is 6.70. The number of ether oxygens (including phenoxy) is 2. The monoisotopic (exact) mass is 336 g/mol. The molecule has 0 aliphatic heterocycles. The summed E-state index contributed by atoms with van der Waals surface area (Å²) < 4.78 is 50.6. The number of carbonyl (C=O) groups excluding carboxylic acids is 1. The van der Waals surface area contributed by atoms with Crippen LogP contribution in [-0.2, 0) is 11.4 Å². The Morgan fingerprint density at radius 2 is 1.79 bits per heavy atom. The van der Waals surface area contributed by atoms with Crippen molar-refractivity contribution in [1.29, 1.82) is 0 Å². The third-order valence-corrected chi connectivity index (χ3v) is 3.10. The minimum atomic E-state index is -4.74. The van der Waals surface area contributed by atoms with Gasteiger partial charge in [-0.2, -0.15) is 0 Å². The summed E-state index contributed by atoms with van der Waals surface area (Å²) in [7, 11) is 0. The molecule has 0 fully saturated rings. The van der Waals surface area contributed by atoms with Crippen LogP contribution in [0.4, 0.5) is 13.2 Å². The normalized spacial score (nSPS) is 11.5. The molecule has 0 N–H and O–H groups in total. The van der Waals surface area contributed by atoms with Crippen LogP contribution < -0.4 is 9.47 Å². The third kappa shape index (κ3) is 3.65. The molecule has 0 amide bonds. The summed E-state index contributed by atoms with van der Waals surface area (Å²) in [4.78, 5) is 10.6. The SMILES string of the molecule is O=[C]c1ccc2c(COc3ccc(OC(F)(F)F)cc3)noc2c1. The first kappa shape index (κ1) is 15.9. The molecular formula is C16H9F3NO4. The number of fused-ring (bicyclic) bond motifs is 1. The van der Waals surface area contributed by atoms with Crippen LogP contribution in [0.3, 0.4) is 0 Å².